The van der Waals surface area contributed by atoms with Crippen LogP contribution < -0.4 is 15.5 Å². The molecule has 0 saturated carbocycles. The zero-order valence-electron chi connectivity index (χ0n) is 16.8. The van der Waals surface area contributed by atoms with E-state index in [-0.39, 0.29) is 24.3 Å². The Morgan fingerprint density at radius 1 is 0.967 bits per heavy atom. The Morgan fingerprint density at radius 3 is 2.53 bits per heavy atom. The van der Waals surface area contributed by atoms with Crippen molar-refractivity contribution >= 4 is 39.9 Å². The van der Waals surface area contributed by atoms with Crippen molar-refractivity contribution in [3.8, 4) is 0 Å². The van der Waals surface area contributed by atoms with Gasteiger partial charge in [0.1, 0.15) is 6.54 Å². The first-order chi connectivity index (χ1) is 14.6. The summed E-state index contributed by atoms with van der Waals surface area (Å²) < 4.78 is 0. The van der Waals surface area contributed by atoms with Gasteiger partial charge in [-0.15, -0.1) is 0 Å². The smallest absolute Gasteiger partial charge is 0.259 e. The summed E-state index contributed by atoms with van der Waals surface area (Å²) in [6, 6.07) is 18.1. The highest BCUT2D eigenvalue weighted by atomic mass is 16.2. The molecule has 4 rings (SSSR count). The maximum Gasteiger partial charge on any atom is 0.259 e. The number of nitrogens with zero attached hydrogens (tertiary/aromatic N) is 1. The Morgan fingerprint density at radius 2 is 1.73 bits per heavy atom. The zero-order valence-corrected chi connectivity index (χ0v) is 16.8. The molecule has 3 aromatic carbocycles. The molecule has 0 saturated heterocycles. The lowest BCUT2D eigenvalue weighted by Gasteiger charge is -2.18. The van der Waals surface area contributed by atoms with Gasteiger partial charge in [-0.1, -0.05) is 49.7 Å². The molecule has 2 N–H and O–H groups in total. The van der Waals surface area contributed by atoms with Crippen LogP contribution >= 0.6 is 0 Å². The number of amides is 3. The third-order valence-electron chi connectivity index (χ3n) is 5.21. The Bertz CT molecular complexity index is 1130. The highest BCUT2D eigenvalue weighted by Gasteiger charge is 2.31. The van der Waals surface area contributed by atoms with Crippen LogP contribution in [0, 0.1) is 0 Å². The largest absolute Gasteiger partial charge is 0.352 e. The van der Waals surface area contributed by atoms with E-state index in [1.807, 2.05) is 30.3 Å². The number of carbonyl (C=O) groups is 3. The van der Waals surface area contributed by atoms with Crippen LogP contribution in [0.4, 0.5) is 11.4 Å². The lowest BCUT2D eigenvalue weighted by Crippen LogP contribution is -2.36. The van der Waals surface area contributed by atoms with Crippen LogP contribution in [0.15, 0.2) is 60.7 Å². The molecule has 3 amide bonds. The summed E-state index contributed by atoms with van der Waals surface area (Å²) >= 11 is 0. The van der Waals surface area contributed by atoms with Gasteiger partial charge in [-0.3, -0.25) is 19.3 Å². The minimum absolute atomic E-state index is 0.127. The second kappa shape index (κ2) is 8.37. The fraction of sp³-hybridized carbons (Fsp3) is 0.208. The first-order valence-electron chi connectivity index (χ1n) is 10.1. The summed E-state index contributed by atoms with van der Waals surface area (Å²) in [5.74, 6) is -0.779. The minimum Gasteiger partial charge on any atom is -0.352 e. The maximum absolute atomic E-state index is 12.9. The van der Waals surface area contributed by atoms with Crippen molar-refractivity contribution in [2.75, 3.05) is 23.3 Å². The van der Waals surface area contributed by atoms with Gasteiger partial charge in [-0.25, -0.2) is 0 Å². The second-order valence-corrected chi connectivity index (χ2v) is 7.28. The molecular weight excluding hydrogens is 378 g/mol. The summed E-state index contributed by atoms with van der Waals surface area (Å²) in [6.45, 7) is 2.51. The van der Waals surface area contributed by atoms with E-state index >= 15 is 0 Å². The van der Waals surface area contributed by atoms with E-state index in [4.69, 9.17) is 0 Å². The van der Waals surface area contributed by atoms with Gasteiger partial charge in [0.25, 0.3) is 11.8 Å². The van der Waals surface area contributed by atoms with Gasteiger partial charge < -0.3 is 10.6 Å². The molecule has 0 spiro atoms. The molecule has 0 aromatic heterocycles. The van der Waals surface area contributed by atoms with Crippen LogP contribution in [0.25, 0.3) is 10.8 Å². The van der Waals surface area contributed by atoms with E-state index in [2.05, 4.69) is 17.6 Å². The van der Waals surface area contributed by atoms with Crippen molar-refractivity contribution in [2.24, 2.45) is 0 Å². The molecule has 1 aliphatic heterocycles. The fourth-order valence-electron chi connectivity index (χ4n) is 3.73. The third kappa shape index (κ3) is 3.64. The fourth-order valence-corrected chi connectivity index (χ4v) is 3.73. The molecule has 0 atom stereocenters. The molecule has 0 aliphatic carbocycles. The Balaban J connectivity index is 1.51. The molecule has 152 valence electrons. The maximum atomic E-state index is 12.9. The zero-order chi connectivity index (χ0) is 21.1. The molecule has 6 nitrogen and oxygen atoms in total. The van der Waals surface area contributed by atoms with E-state index in [0.717, 1.165) is 29.3 Å². The number of unbranched alkanes of at least 4 members (excludes halogenated alkanes) is 1. The normalized spacial score (nSPS) is 12.3. The van der Waals surface area contributed by atoms with E-state index in [1.165, 1.54) is 4.90 Å². The van der Waals surface area contributed by atoms with Gasteiger partial charge in [0.2, 0.25) is 5.91 Å². The monoisotopic (exact) mass is 401 g/mol. The van der Waals surface area contributed by atoms with Gasteiger partial charge in [0.15, 0.2) is 0 Å². The molecule has 1 heterocycles. The summed E-state index contributed by atoms with van der Waals surface area (Å²) in [7, 11) is 0. The lowest BCUT2D eigenvalue weighted by atomic mass is 10.1. The third-order valence-corrected chi connectivity index (χ3v) is 5.21. The molecule has 6 heteroatoms. The molecule has 30 heavy (non-hydrogen) atoms. The minimum atomic E-state index is -0.359. The molecule has 0 radical (unpaired) electrons. The molecule has 1 aliphatic rings. The number of benzene rings is 3. The highest BCUT2D eigenvalue weighted by molar-refractivity contribution is 6.26. The predicted molar refractivity (Wildman–Crippen MR) is 118 cm³/mol. The van der Waals surface area contributed by atoms with Crippen molar-refractivity contribution < 1.29 is 14.4 Å². The molecule has 0 fully saturated rings. The number of carbonyl (C=O) groups excluding carboxylic acids is 3. The van der Waals surface area contributed by atoms with Crippen LogP contribution in [-0.4, -0.2) is 30.8 Å². The van der Waals surface area contributed by atoms with Crippen molar-refractivity contribution in [3.05, 3.63) is 71.8 Å². The number of anilines is 2. The van der Waals surface area contributed by atoms with E-state index < -0.39 is 0 Å². The average molecular weight is 401 g/mol. The second-order valence-electron chi connectivity index (χ2n) is 7.28. The van der Waals surface area contributed by atoms with E-state index in [1.54, 1.807) is 30.3 Å². The van der Waals surface area contributed by atoms with Gasteiger partial charge in [0, 0.05) is 17.5 Å². The van der Waals surface area contributed by atoms with Crippen molar-refractivity contribution in [2.45, 2.75) is 19.8 Å². The van der Waals surface area contributed by atoms with E-state index in [0.29, 0.717) is 23.4 Å². The van der Waals surface area contributed by atoms with Crippen molar-refractivity contribution in [1.29, 1.82) is 0 Å². The SMILES string of the molecule is CCCCNC(=O)c1ccccc1NC(=O)CN1C(=O)c2cccc3cccc1c23. The van der Waals surface area contributed by atoms with Crippen molar-refractivity contribution in [3.63, 3.8) is 0 Å². The van der Waals surface area contributed by atoms with Crippen LogP contribution in [0.5, 0.6) is 0 Å². The lowest BCUT2D eigenvalue weighted by molar-refractivity contribution is -0.114. The summed E-state index contributed by atoms with van der Waals surface area (Å²) in [5.41, 5.74) is 2.17. The molecule has 0 unspecified atom stereocenters. The predicted octanol–water partition coefficient (Wildman–Crippen LogP) is 3.97. The number of hydrogen-bond acceptors (Lipinski definition) is 3. The van der Waals surface area contributed by atoms with Gasteiger partial charge in [0.05, 0.1) is 16.9 Å². The van der Waals surface area contributed by atoms with Gasteiger partial charge in [-0.05, 0) is 36.1 Å². The van der Waals surface area contributed by atoms with E-state index in [9.17, 15) is 14.4 Å². The molecular formula is C24H23N3O3. The Labute approximate surface area is 174 Å². The van der Waals surface area contributed by atoms with Crippen LogP contribution in [-0.2, 0) is 4.79 Å². The summed E-state index contributed by atoms with van der Waals surface area (Å²) in [5, 5.41) is 7.50. The van der Waals surface area contributed by atoms with Crippen LogP contribution in [0.1, 0.15) is 40.5 Å². The average Bonchev–Trinajstić information content (AvgIpc) is 3.02. The summed E-state index contributed by atoms with van der Waals surface area (Å²) in [6.07, 6.45) is 1.88. The number of hydrogen-bond donors (Lipinski definition) is 2. The van der Waals surface area contributed by atoms with Gasteiger partial charge in [-0.2, -0.15) is 0 Å². The topological polar surface area (TPSA) is 78.5 Å². The molecule has 3 aromatic rings. The number of nitrogens with one attached hydrogen (secondary N) is 2. The Hall–Kier alpha value is -3.67. The molecule has 0 bridgehead atoms. The quantitative estimate of drug-likeness (QED) is 0.588. The summed E-state index contributed by atoms with van der Waals surface area (Å²) in [4.78, 5) is 39.6. The number of para-hydroxylation sites is 1. The first kappa shape index (κ1) is 19.6. The standard InChI is InChI=1S/C24H23N3O3/c1-2-3-14-25-23(29)17-10-4-5-12-19(17)26-21(28)15-27-20-13-7-9-16-8-6-11-18(22(16)20)24(27)30/h4-13H,2-3,14-15H2,1H3,(H,25,29)(H,26,28). The van der Waals surface area contributed by atoms with Crippen molar-refractivity contribution in [1.82, 2.24) is 5.32 Å². The Kier molecular flexibility index (Phi) is 5.48. The number of rotatable bonds is 7. The highest BCUT2D eigenvalue weighted by Crippen LogP contribution is 2.36. The van der Waals surface area contributed by atoms with Gasteiger partial charge >= 0.3 is 0 Å². The van der Waals surface area contributed by atoms with Crippen LogP contribution in [0.2, 0.25) is 0 Å². The van der Waals surface area contributed by atoms with Crippen LogP contribution in [0.3, 0.4) is 0 Å². The first-order valence-corrected chi connectivity index (χ1v) is 10.1.